The molecule has 192 valence electrons. The summed E-state index contributed by atoms with van der Waals surface area (Å²) in [5, 5.41) is 3.19. The Morgan fingerprint density at radius 3 is 2.81 bits per heavy atom. The number of piperazine rings is 1. The SMILES string of the molecule is C=CCOC(=O)N1CCN(Cc2ccc(C(C)Nc3ncc4c(n3)N(CC)C(=O)OC4)cc2F)CC1. The zero-order chi connectivity index (χ0) is 25.7. The van der Waals surface area contributed by atoms with Crippen molar-refractivity contribution in [1.29, 1.82) is 0 Å². The lowest BCUT2D eigenvalue weighted by atomic mass is 10.0. The van der Waals surface area contributed by atoms with E-state index in [-0.39, 0.29) is 31.2 Å². The minimum Gasteiger partial charge on any atom is -0.445 e. The molecule has 2 aliphatic rings. The summed E-state index contributed by atoms with van der Waals surface area (Å²) in [5.41, 5.74) is 2.08. The van der Waals surface area contributed by atoms with Gasteiger partial charge in [-0.15, -0.1) is 0 Å². The van der Waals surface area contributed by atoms with Gasteiger partial charge in [0, 0.05) is 51.0 Å². The van der Waals surface area contributed by atoms with Gasteiger partial charge in [0.2, 0.25) is 5.95 Å². The fraction of sp³-hybridized carbons (Fsp3) is 0.440. The number of nitrogens with one attached hydrogen (secondary N) is 1. The van der Waals surface area contributed by atoms with Crippen LogP contribution < -0.4 is 10.2 Å². The number of hydrogen-bond donors (Lipinski definition) is 1. The summed E-state index contributed by atoms with van der Waals surface area (Å²) in [5.74, 6) is 0.581. The number of amides is 2. The zero-order valence-corrected chi connectivity index (χ0v) is 20.6. The average molecular weight is 499 g/mol. The molecule has 4 rings (SSSR count). The number of carbonyl (C=O) groups is 2. The molecule has 11 heteroatoms. The maximum Gasteiger partial charge on any atom is 0.415 e. The molecule has 0 bridgehead atoms. The van der Waals surface area contributed by atoms with Crippen molar-refractivity contribution in [1.82, 2.24) is 19.8 Å². The number of hydrogen-bond acceptors (Lipinski definition) is 8. The summed E-state index contributed by atoms with van der Waals surface area (Å²) >= 11 is 0. The van der Waals surface area contributed by atoms with Gasteiger partial charge in [-0.25, -0.2) is 19.0 Å². The number of fused-ring (bicyclic) bond motifs is 1. The van der Waals surface area contributed by atoms with Gasteiger partial charge in [0.05, 0.1) is 11.6 Å². The Balaban J connectivity index is 1.35. The Morgan fingerprint density at radius 1 is 1.33 bits per heavy atom. The van der Waals surface area contributed by atoms with Crippen LogP contribution in [0.2, 0.25) is 0 Å². The number of benzene rings is 1. The van der Waals surface area contributed by atoms with E-state index in [4.69, 9.17) is 9.47 Å². The minimum absolute atomic E-state index is 0.140. The Morgan fingerprint density at radius 2 is 2.11 bits per heavy atom. The molecular weight excluding hydrogens is 467 g/mol. The second-order valence-electron chi connectivity index (χ2n) is 8.69. The molecule has 3 heterocycles. The lowest BCUT2D eigenvalue weighted by Gasteiger charge is -2.34. The molecule has 0 radical (unpaired) electrons. The van der Waals surface area contributed by atoms with Crippen molar-refractivity contribution in [3.8, 4) is 0 Å². The Bertz CT molecular complexity index is 1120. The zero-order valence-electron chi connectivity index (χ0n) is 20.6. The summed E-state index contributed by atoms with van der Waals surface area (Å²) in [6.45, 7) is 10.8. The number of aromatic nitrogens is 2. The first-order valence-corrected chi connectivity index (χ1v) is 12.0. The van der Waals surface area contributed by atoms with Crippen LogP contribution >= 0.6 is 0 Å². The highest BCUT2D eigenvalue weighted by molar-refractivity contribution is 5.89. The molecule has 1 fully saturated rings. The second kappa shape index (κ2) is 11.3. The van der Waals surface area contributed by atoms with E-state index in [2.05, 4.69) is 26.8 Å². The topological polar surface area (TPSA) is 100 Å². The number of ether oxygens (including phenoxy) is 2. The number of anilines is 2. The van der Waals surface area contributed by atoms with Gasteiger partial charge < -0.3 is 19.7 Å². The molecule has 0 aliphatic carbocycles. The molecule has 1 aromatic carbocycles. The largest absolute Gasteiger partial charge is 0.445 e. The molecule has 2 aliphatic heterocycles. The van der Waals surface area contributed by atoms with Crippen LogP contribution in [0.25, 0.3) is 0 Å². The molecular formula is C25H31FN6O4. The summed E-state index contributed by atoms with van der Waals surface area (Å²) in [6.07, 6.45) is 2.38. The highest BCUT2D eigenvalue weighted by Crippen LogP contribution is 2.27. The Kier molecular flexibility index (Phi) is 7.99. The summed E-state index contributed by atoms with van der Waals surface area (Å²) in [7, 11) is 0. The summed E-state index contributed by atoms with van der Waals surface area (Å²) in [6, 6.07) is 4.93. The molecule has 2 amide bonds. The highest BCUT2D eigenvalue weighted by Gasteiger charge is 2.27. The predicted octanol–water partition coefficient (Wildman–Crippen LogP) is 3.71. The fourth-order valence-electron chi connectivity index (χ4n) is 4.17. The van der Waals surface area contributed by atoms with Crippen molar-refractivity contribution < 1.29 is 23.5 Å². The molecule has 0 saturated carbocycles. The van der Waals surface area contributed by atoms with Crippen LogP contribution in [0.4, 0.5) is 25.7 Å². The third-order valence-electron chi connectivity index (χ3n) is 6.26. The van der Waals surface area contributed by atoms with Crippen molar-refractivity contribution in [2.75, 3.05) is 49.5 Å². The van der Waals surface area contributed by atoms with Gasteiger partial charge in [0.1, 0.15) is 24.8 Å². The van der Waals surface area contributed by atoms with Gasteiger partial charge in [-0.3, -0.25) is 9.80 Å². The summed E-state index contributed by atoms with van der Waals surface area (Å²) < 4.78 is 25.2. The first kappa shape index (κ1) is 25.4. The highest BCUT2D eigenvalue weighted by atomic mass is 19.1. The van der Waals surface area contributed by atoms with E-state index >= 15 is 0 Å². The molecule has 36 heavy (non-hydrogen) atoms. The van der Waals surface area contributed by atoms with E-state index in [0.29, 0.717) is 56.6 Å². The average Bonchev–Trinajstić information content (AvgIpc) is 2.88. The quantitative estimate of drug-likeness (QED) is 0.550. The Labute approximate surface area is 209 Å². The molecule has 1 atom stereocenters. The Hall–Kier alpha value is -3.73. The van der Waals surface area contributed by atoms with E-state index in [1.807, 2.05) is 19.9 Å². The van der Waals surface area contributed by atoms with Crippen LogP contribution in [-0.4, -0.2) is 71.3 Å². The van der Waals surface area contributed by atoms with Gasteiger partial charge in [0.15, 0.2) is 0 Å². The number of rotatable bonds is 8. The van der Waals surface area contributed by atoms with E-state index < -0.39 is 6.09 Å². The maximum atomic E-state index is 15.0. The van der Waals surface area contributed by atoms with Crippen molar-refractivity contribution in [3.63, 3.8) is 0 Å². The molecule has 1 N–H and O–H groups in total. The van der Waals surface area contributed by atoms with Gasteiger partial charge in [-0.1, -0.05) is 24.8 Å². The van der Waals surface area contributed by atoms with Crippen LogP contribution in [0.15, 0.2) is 37.1 Å². The van der Waals surface area contributed by atoms with Gasteiger partial charge in [-0.05, 0) is 25.5 Å². The monoisotopic (exact) mass is 498 g/mol. The standard InChI is InChI=1S/C25H31FN6O4/c1-4-12-35-24(33)31-10-8-30(9-11-31)15-19-7-6-18(13-21(19)26)17(3)28-23-27-14-20-16-36-25(34)32(5-2)22(20)29-23/h4,6-7,13-14,17H,1,5,8-12,15-16H2,2-3H3,(H,27,28,29). The van der Waals surface area contributed by atoms with Crippen LogP contribution in [0.1, 0.15) is 36.6 Å². The van der Waals surface area contributed by atoms with Crippen molar-refractivity contribution in [3.05, 3.63) is 59.6 Å². The molecule has 10 nitrogen and oxygen atoms in total. The molecule has 1 saturated heterocycles. The molecule has 2 aromatic rings. The fourth-order valence-corrected chi connectivity index (χ4v) is 4.17. The molecule has 0 spiro atoms. The van der Waals surface area contributed by atoms with Crippen molar-refractivity contribution >= 4 is 24.0 Å². The maximum absolute atomic E-state index is 15.0. The molecule has 1 unspecified atom stereocenters. The van der Waals surface area contributed by atoms with Crippen LogP contribution in [0, 0.1) is 5.82 Å². The predicted molar refractivity (Wildman–Crippen MR) is 132 cm³/mol. The minimum atomic E-state index is -0.436. The smallest absolute Gasteiger partial charge is 0.415 e. The van der Waals surface area contributed by atoms with Gasteiger partial charge in [-0.2, -0.15) is 4.98 Å². The van der Waals surface area contributed by atoms with Crippen LogP contribution in [0.3, 0.4) is 0 Å². The second-order valence-corrected chi connectivity index (χ2v) is 8.69. The first-order chi connectivity index (χ1) is 17.4. The number of carbonyl (C=O) groups excluding carboxylic acids is 2. The van der Waals surface area contributed by atoms with Crippen molar-refractivity contribution in [2.45, 2.75) is 33.0 Å². The summed E-state index contributed by atoms with van der Waals surface area (Å²) in [4.78, 5) is 38.0. The van der Waals surface area contributed by atoms with Crippen molar-refractivity contribution in [2.24, 2.45) is 0 Å². The number of nitrogens with zero attached hydrogens (tertiary/aromatic N) is 5. The lowest BCUT2D eigenvalue weighted by molar-refractivity contribution is 0.0810. The van der Waals surface area contributed by atoms with E-state index in [0.717, 1.165) is 11.1 Å². The van der Waals surface area contributed by atoms with E-state index in [1.165, 1.54) is 17.0 Å². The van der Waals surface area contributed by atoms with E-state index in [1.54, 1.807) is 17.2 Å². The normalized spacial score (nSPS) is 16.7. The number of cyclic esters (lactones) is 1. The first-order valence-electron chi connectivity index (χ1n) is 12.0. The van der Waals surface area contributed by atoms with Crippen LogP contribution in [0.5, 0.6) is 0 Å². The van der Waals surface area contributed by atoms with Crippen LogP contribution in [-0.2, 0) is 22.6 Å². The molecule has 1 aromatic heterocycles. The van der Waals surface area contributed by atoms with Gasteiger partial charge in [0.25, 0.3) is 0 Å². The van der Waals surface area contributed by atoms with E-state index in [9.17, 15) is 14.0 Å². The lowest BCUT2D eigenvalue weighted by Crippen LogP contribution is -2.48. The third kappa shape index (κ3) is 5.73. The van der Waals surface area contributed by atoms with Gasteiger partial charge >= 0.3 is 12.2 Å². The third-order valence-corrected chi connectivity index (χ3v) is 6.26. The number of halogens is 1.